The number of rotatable bonds is 14. The van der Waals surface area contributed by atoms with Crippen molar-refractivity contribution in [3.05, 3.63) is 40.8 Å². The molecule has 4 heterocycles. The molecule has 254 valence electrons. The van der Waals surface area contributed by atoms with Crippen molar-refractivity contribution in [3.63, 3.8) is 0 Å². The Hall–Kier alpha value is -3.55. The zero-order valence-corrected chi connectivity index (χ0v) is 27.5. The first-order valence-electron chi connectivity index (χ1n) is 16.9. The fourth-order valence-corrected chi connectivity index (χ4v) is 6.90. The molecule has 3 fully saturated rings. The molecule has 6 N–H and O–H groups in total. The monoisotopic (exact) mass is 640 g/mol. The number of hydrogen-bond acceptors (Lipinski definition) is 10. The highest BCUT2D eigenvalue weighted by Crippen LogP contribution is 2.42. The van der Waals surface area contributed by atoms with E-state index in [0.29, 0.717) is 49.1 Å². The largest absolute Gasteiger partial charge is 0.496 e. The van der Waals surface area contributed by atoms with E-state index in [0.717, 1.165) is 102 Å². The summed E-state index contributed by atoms with van der Waals surface area (Å²) in [5, 5.41) is 5.81. The van der Waals surface area contributed by atoms with Crippen LogP contribution in [0.5, 0.6) is 5.75 Å². The van der Waals surface area contributed by atoms with Gasteiger partial charge in [0.25, 0.3) is 6.02 Å². The van der Waals surface area contributed by atoms with Gasteiger partial charge in [-0.3, -0.25) is 19.9 Å². The van der Waals surface area contributed by atoms with E-state index < -0.39 is 6.17 Å². The number of fused-ring (bicyclic) bond motifs is 1. The topological polar surface area (TPSA) is 160 Å². The third-order valence-electron chi connectivity index (χ3n) is 9.91. The van der Waals surface area contributed by atoms with Gasteiger partial charge in [-0.25, -0.2) is 15.7 Å². The number of carbonyl (C=O) groups excluding carboxylic acids is 2. The maximum Gasteiger partial charge on any atom is 0.324 e. The second kappa shape index (κ2) is 15.8. The number of unbranched alkanes of at least 4 members (excludes halogenated alkanes) is 3. The van der Waals surface area contributed by atoms with Gasteiger partial charge in [0.15, 0.2) is 6.17 Å². The van der Waals surface area contributed by atoms with Crippen molar-refractivity contribution >= 4 is 18.0 Å². The number of nitrogens with two attached hydrogens (primary N) is 2. The maximum atomic E-state index is 13.0. The van der Waals surface area contributed by atoms with Crippen LogP contribution in [0.1, 0.15) is 82.3 Å². The van der Waals surface area contributed by atoms with Crippen molar-refractivity contribution in [2.24, 2.45) is 22.0 Å². The van der Waals surface area contributed by atoms with Crippen LogP contribution in [0.15, 0.2) is 34.7 Å². The van der Waals surface area contributed by atoms with Gasteiger partial charge in [-0.05, 0) is 75.1 Å². The SMILES string of the molecule is CCCCOC1=NC2C(=C(N)N1)NC(=O)N2Cc1ccc(CN2CCC3(CC2)CCN(C(=O)CCCCCON)CC3)cc1OC. The van der Waals surface area contributed by atoms with Crippen molar-refractivity contribution in [1.29, 1.82) is 0 Å². The minimum atomic E-state index is -0.581. The predicted octanol–water partition coefficient (Wildman–Crippen LogP) is 3.11. The molecule has 3 amide bonds. The third-order valence-corrected chi connectivity index (χ3v) is 9.91. The number of urea groups is 1. The van der Waals surface area contributed by atoms with Crippen LogP contribution in [0.3, 0.4) is 0 Å². The second-order valence-corrected chi connectivity index (χ2v) is 13.0. The molecular weight excluding hydrogens is 588 g/mol. The lowest BCUT2D eigenvalue weighted by atomic mass is 9.71. The summed E-state index contributed by atoms with van der Waals surface area (Å²) in [5.74, 6) is 6.45. The minimum Gasteiger partial charge on any atom is -0.496 e. The Kier molecular flexibility index (Phi) is 11.6. The summed E-state index contributed by atoms with van der Waals surface area (Å²) < 4.78 is 11.5. The van der Waals surface area contributed by atoms with Crippen LogP contribution < -0.4 is 27.0 Å². The van der Waals surface area contributed by atoms with Crippen molar-refractivity contribution in [2.75, 3.05) is 46.5 Å². The third kappa shape index (κ3) is 8.23. The minimum absolute atomic E-state index is 0.263. The van der Waals surface area contributed by atoms with Crippen LogP contribution in [0.2, 0.25) is 0 Å². The Morgan fingerprint density at radius 2 is 1.78 bits per heavy atom. The fraction of sp³-hybridized carbons (Fsp3) is 0.667. The van der Waals surface area contributed by atoms with Gasteiger partial charge in [0.05, 0.1) is 26.9 Å². The molecule has 46 heavy (non-hydrogen) atoms. The average molecular weight is 641 g/mol. The fourth-order valence-electron chi connectivity index (χ4n) is 6.90. The quantitative estimate of drug-likeness (QED) is 0.177. The predicted molar refractivity (Wildman–Crippen MR) is 175 cm³/mol. The highest BCUT2D eigenvalue weighted by Gasteiger charge is 2.41. The summed E-state index contributed by atoms with van der Waals surface area (Å²) >= 11 is 0. The number of amidine groups is 1. The molecule has 1 unspecified atom stereocenters. The summed E-state index contributed by atoms with van der Waals surface area (Å²) in [6.07, 6.45) is 9.22. The lowest BCUT2D eigenvalue weighted by molar-refractivity contribution is -0.134. The molecule has 0 bridgehead atoms. The van der Waals surface area contributed by atoms with Crippen LogP contribution >= 0.6 is 0 Å². The second-order valence-electron chi connectivity index (χ2n) is 13.0. The zero-order chi connectivity index (χ0) is 32.5. The molecule has 0 aliphatic carbocycles. The number of nitrogens with one attached hydrogen (secondary N) is 2. The Morgan fingerprint density at radius 1 is 1.02 bits per heavy atom. The summed E-state index contributed by atoms with van der Waals surface area (Å²) in [4.78, 5) is 41.1. The smallest absolute Gasteiger partial charge is 0.324 e. The number of hydrogen-bond donors (Lipinski definition) is 4. The summed E-state index contributed by atoms with van der Waals surface area (Å²) in [7, 11) is 1.66. The first-order chi connectivity index (χ1) is 22.3. The molecule has 0 radical (unpaired) electrons. The number of ether oxygens (including phenoxy) is 2. The molecule has 13 heteroatoms. The highest BCUT2D eigenvalue weighted by atomic mass is 16.6. The van der Waals surface area contributed by atoms with Crippen LogP contribution in [-0.2, 0) is 27.5 Å². The highest BCUT2D eigenvalue weighted by molar-refractivity contribution is 5.85. The molecule has 5 rings (SSSR count). The van der Waals surface area contributed by atoms with Crippen LogP contribution in [-0.4, -0.2) is 85.3 Å². The average Bonchev–Trinajstić information content (AvgIpc) is 3.38. The molecule has 1 aromatic carbocycles. The molecule has 4 aliphatic heterocycles. The van der Waals surface area contributed by atoms with Gasteiger partial charge >= 0.3 is 6.03 Å². The Balaban J connectivity index is 1.12. The van der Waals surface area contributed by atoms with Crippen molar-refractivity contribution in [2.45, 2.75) is 90.4 Å². The molecule has 3 saturated heterocycles. The van der Waals surface area contributed by atoms with Gasteiger partial charge in [0.2, 0.25) is 5.91 Å². The van der Waals surface area contributed by atoms with Gasteiger partial charge < -0.3 is 30.3 Å². The van der Waals surface area contributed by atoms with E-state index in [1.54, 1.807) is 12.0 Å². The van der Waals surface area contributed by atoms with Crippen LogP contribution in [0.4, 0.5) is 4.79 Å². The van der Waals surface area contributed by atoms with Gasteiger partial charge in [0.1, 0.15) is 17.3 Å². The standard InChI is InChI=1S/C33H52N8O5/c1-3-4-19-45-31-37-29(34)28-30(38-31)41(32(43)36-28)23-25-10-9-24(21-26(25)44-2)22-39-15-11-33(12-16-39)13-17-40(18-14-33)27(42)8-6-5-7-20-46-35/h9-10,21,30H,3-8,11-20,22-23,34-35H2,1-2H3,(H,36,43)(H,37,38). The zero-order valence-electron chi connectivity index (χ0n) is 27.5. The number of carbonyl (C=O) groups is 2. The molecular formula is C33H52N8O5. The number of likely N-dealkylation sites (tertiary alicyclic amines) is 2. The van der Waals surface area contributed by atoms with Crippen molar-refractivity contribution in [3.8, 4) is 5.75 Å². The van der Waals surface area contributed by atoms with Gasteiger partial charge in [-0.2, -0.15) is 0 Å². The lowest BCUT2D eigenvalue weighted by Crippen LogP contribution is -2.48. The molecule has 1 aromatic rings. The summed E-state index contributed by atoms with van der Waals surface area (Å²) in [6, 6.07) is 6.31. The molecule has 4 aliphatic rings. The number of aliphatic imine (C=N–C) groups is 1. The molecule has 13 nitrogen and oxygen atoms in total. The summed E-state index contributed by atoms with van der Waals surface area (Å²) in [5.41, 5.74) is 9.16. The summed E-state index contributed by atoms with van der Waals surface area (Å²) in [6.45, 7) is 8.17. The molecule has 0 saturated carbocycles. The molecule has 1 spiro atoms. The van der Waals surface area contributed by atoms with E-state index in [1.807, 2.05) is 6.07 Å². The van der Waals surface area contributed by atoms with Gasteiger partial charge in [-0.1, -0.05) is 31.9 Å². The Morgan fingerprint density at radius 3 is 2.50 bits per heavy atom. The lowest BCUT2D eigenvalue weighted by Gasteiger charge is -2.47. The van der Waals surface area contributed by atoms with E-state index >= 15 is 0 Å². The van der Waals surface area contributed by atoms with Gasteiger partial charge in [0, 0.05) is 31.6 Å². The molecule has 0 aromatic heterocycles. The van der Waals surface area contributed by atoms with E-state index in [4.69, 9.17) is 21.1 Å². The van der Waals surface area contributed by atoms with E-state index in [2.05, 4.69) is 49.3 Å². The van der Waals surface area contributed by atoms with E-state index in [1.165, 1.54) is 5.56 Å². The number of methoxy groups -OCH3 is 1. The molecule has 1 atom stereocenters. The number of piperidine rings is 2. The van der Waals surface area contributed by atoms with Crippen molar-refractivity contribution < 1.29 is 23.9 Å². The van der Waals surface area contributed by atoms with E-state index in [-0.39, 0.29) is 11.9 Å². The van der Waals surface area contributed by atoms with Crippen molar-refractivity contribution in [1.82, 2.24) is 25.3 Å². The van der Waals surface area contributed by atoms with E-state index in [9.17, 15) is 9.59 Å². The number of nitrogens with zero attached hydrogens (tertiary/aromatic N) is 4. The number of benzene rings is 1. The van der Waals surface area contributed by atoms with Gasteiger partial charge in [-0.15, -0.1) is 0 Å². The first-order valence-corrected chi connectivity index (χ1v) is 16.9. The Labute approximate surface area is 272 Å². The first kappa shape index (κ1) is 33.8. The maximum absolute atomic E-state index is 13.0. The normalized spacial score (nSPS) is 21.2. The van der Waals surface area contributed by atoms with Crippen LogP contribution in [0.25, 0.3) is 0 Å². The van der Waals surface area contributed by atoms with Crippen LogP contribution in [0, 0.1) is 5.41 Å². The number of amides is 3. The Bertz CT molecular complexity index is 1270.